The molecule has 1 aromatic carbocycles. The van der Waals surface area contributed by atoms with E-state index >= 15 is 0 Å². The molecule has 0 unspecified atom stereocenters. The summed E-state index contributed by atoms with van der Waals surface area (Å²) in [5.74, 6) is -0.348. The molecule has 25 heavy (non-hydrogen) atoms. The fourth-order valence-electron chi connectivity index (χ4n) is 3.37. The van der Waals surface area contributed by atoms with Crippen LogP contribution in [-0.2, 0) is 22.4 Å². The average molecular weight is 344 g/mol. The van der Waals surface area contributed by atoms with E-state index < -0.39 is 11.4 Å². The van der Waals surface area contributed by atoms with E-state index in [-0.39, 0.29) is 11.2 Å². The van der Waals surface area contributed by atoms with Crippen molar-refractivity contribution in [2.45, 2.75) is 78.6 Å². The van der Waals surface area contributed by atoms with Crippen LogP contribution < -0.4 is 0 Å². The molecule has 1 fully saturated rings. The van der Waals surface area contributed by atoms with Crippen LogP contribution >= 0.6 is 0 Å². The number of ketones is 1. The molecule has 1 aromatic rings. The molecule has 1 N–H and O–H groups in total. The number of carbonyl (C=O) groups is 2. The Morgan fingerprint density at radius 3 is 2.20 bits per heavy atom. The molecule has 0 saturated heterocycles. The van der Waals surface area contributed by atoms with Crippen molar-refractivity contribution in [1.29, 1.82) is 0 Å². The summed E-state index contributed by atoms with van der Waals surface area (Å²) in [6.45, 7) is 5.74. The van der Waals surface area contributed by atoms with Gasteiger partial charge in [-0.25, -0.2) is 0 Å². The third-order valence-electron chi connectivity index (χ3n) is 5.89. The molecule has 138 valence electrons. The van der Waals surface area contributed by atoms with E-state index in [1.165, 1.54) is 11.1 Å². The molecule has 0 amide bonds. The minimum absolute atomic E-state index is 0.204. The van der Waals surface area contributed by atoms with Crippen molar-refractivity contribution in [2.24, 2.45) is 10.8 Å². The highest BCUT2D eigenvalue weighted by atomic mass is 16.4. The number of benzene rings is 1. The number of rotatable bonds is 11. The summed E-state index contributed by atoms with van der Waals surface area (Å²) in [4.78, 5) is 22.8. The van der Waals surface area contributed by atoms with Crippen LogP contribution in [0.3, 0.4) is 0 Å². The fourth-order valence-corrected chi connectivity index (χ4v) is 3.37. The predicted octanol–water partition coefficient (Wildman–Crippen LogP) is 5.20. The van der Waals surface area contributed by atoms with Gasteiger partial charge in [-0.3, -0.25) is 9.59 Å². The molecule has 0 aromatic heterocycles. The van der Waals surface area contributed by atoms with Gasteiger partial charge >= 0.3 is 5.97 Å². The number of aliphatic carboxylic acids is 1. The second-order valence-corrected chi connectivity index (χ2v) is 8.41. The highest BCUT2D eigenvalue weighted by Gasteiger charge is 2.49. The summed E-state index contributed by atoms with van der Waals surface area (Å²) in [6, 6.07) is 8.67. The van der Waals surface area contributed by atoms with Crippen molar-refractivity contribution < 1.29 is 14.7 Å². The summed E-state index contributed by atoms with van der Waals surface area (Å²) in [7, 11) is 0. The van der Waals surface area contributed by atoms with E-state index in [1.54, 1.807) is 6.92 Å². The molecule has 0 radical (unpaired) electrons. The molecule has 3 heteroatoms. The number of carboxylic acid groups (broad SMARTS) is 1. The molecule has 3 nitrogen and oxygen atoms in total. The zero-order chi connectivity index (χ0) is 18.5. The average Bonchev–Trinajstić information content (AvgIpc) is 3.33. The molecule has 1 saturated carbocycles. The summed E-state index contributed by atoms with van der Waals surface area (Å²) in [5, 5.41) is 9.24. The maximum absolute atomic E-state index is 11.6. The lowest BCUT2D eigenvalue weighted by molar-refractivity contribution is -0.143. The van der Waals surface area contributed by atoms with Crippen LogP contribution in [0.2, 0.25) is 0 Å². The lowest BCUT2D eigenvalue weighted by Gasteiger charge is -2.20. The molecular weight excluding hydrogens is 312 g/mol. The Morgan fingerprint density at radius 1 is 1.08 bits per heavy atom. The summed E-state index contributed by atoms with van der Waals surface area (Å²) in [6.07, 6.45) is 8.55. The SMILES string of the molecule is CC(=O)C(C)(C)CCCCc1cccc(CCCC2(C(=O)O)CC2)c1. The maximum atomic E-state index is 11.6. The van der Waals surface area contributed by atoms with Crippen molar-refractivity contribution in [3.63, 3.8) is 0 Å². The van der Waals surface area contributed by atoms with Gasteiger partial charge in [0.2, 0.25) is 0 Å². The Balaban J connectivity index is 1.73. The van der Waals surface area contributed by atoms with E-state index in [2.05, 4.69) is 24.3 Å². The molecule has 0 heterocycles. The molecule has 2 rings (SSSR count). The molecule has 0 spiro atoms. The van der Waals surface area contributed by atoms with Crippen LogP contribution in [0.25, 0.3) is 0 Å². The standard InChI is InChI=1S/C22H32O3/c1-17(23)21(2,3)12-5-4-8-18-9-6-10-19(16-18)11-7-13-22(14-15-22)20(24)25/h6,9-10,16H,4-5,7-8,11-15H2,1-3H3,(H,24,25). The van der Waals surface area contributed by atoms with Gasteiger partial charge in [0.25, 0.3) is 0 Å². The van der Waals surface area contributed by atoms with Crippen LogP contribution in [0.15, 0.2) is 24.3 Å². The maximum Gasteiger partial charge on any atom is 0.309 e. The second kappa shape index (κ2) is 8.16. The Labute approximate surface area is 151 Å². The lowest BCUT2D eigenvalue weighted by Crippen LogP contribution is -2.20. The van der Waals surface area contributed by atoms with Crippen molar-refractivity contribution in [1.82, 2.24) is 0 Å². The van der Waals surface area contributed by atoms with E-state index in [4.69, 9.17) is 0 Å². The largest absolute Gasteiger partial charge is 0.481 e. The van der Waals surface area contributed by atoms with Gasteiger partial charge in [0, 0.05) is 5.41 Å². The number of carbonyl (C=O) groups excluding carboxylic acids is 1. The van der Waals surface area contributed by atoms with Gasteiger partial charge in [-0.05, 0) is 69.4 Å². The molecular formula is C22H32O3. The summed E-state index contributed by atoms with van der Waals surface area (Å²) >= 11 is 0. The van der Waals surface area contributed by atoms with Gasteiger partial charge in [-0.1, -0.05) is 44.5 Å². The van der Waals surface area contributed by atoms with Crippen molar-refractivity contribution in [2.75, 3.05) is 0 Å². The third kappa shape index (κ3) is 5.69. The topological polar surface area (TPSA) is 54.4 Å². The molecule has 0 bridgehead atoms. The van der Waals surface area contributed by atoms with Gasteiger partial charge in [0.1, 0.15) is 5.78 Å². The first-order chi connectivity index (χ1) is 11.8. The Bertz CT molecular complexity index is 611. The number of Topliss-reactive ketones (excluding diaryl/α,β-unsaturated/α-hetero) is 1. The minimum Gasteiger partial charge on any atom is -0.481 e. The molecule has 0 atom stereocenters. The van der Waals surface area contributed by atoms with Gasteiger partial charge < -0.3 is 5.11 Å². The molecule has 1 aliphatic rings. The predicted molar refractivity (Wildman–Crippen MR) is 101 cm³/mol. The third-order valence-corrected chi connectivity index (χ3v) is 5.89. The first-order valence-electron chi connectivity index (χ1n) is 9.57. The Kier molecular flexibility index (Phi) is 6.42. The van der Waals surface area contributed by atoms with Gasteiger partial charge in [-0.15, -0.1) is 0 Å². The highest BCUT2D eigenvalue weighted by Crippen LogP contribution is 2.50. The van der Waals surface area contributed by atoms with Crippen LogP contribution in [-0.4, -0.2) is 16.9 Å². The van der Waals surface area contributed by atoms with E-state index in [1.807, 2.05) is 13.8 Å². The summed E-state index contributed by atoms with van der Waals surface area (Å²) < 4.78 is 0. The van der Waals surface area contributed by atoms with E-state index in [0.29, 0.717) is 0 Å². The van der Waals surface area contributed by atoms with Gasteiger partial charge in [-0.2, -0.15) is 0 Å². The summed E-state index contributed by atoms with van der Waals surface area (Å²) in [5.41, 5.74) is 2.05. The number of hydrogen-bond donors (Lipinski definition) is 1. The van der Waals surface area contributed by atoms with Crippen LogP contribution in [0, 0.1) is 10.8 Å². The molecule has 1 aliphatic carbocycles. The van der Waals surface area contributed by atoms with E-state index in [9.17, 15) is 14.7 Å². The van der Waals surface area contributed by atoms with Crippen LogP contribution in [0.5, 0.6) is 0 Å². The lowest BCUT2D eigenvalue weighted by atomic mass is 9.83. The van der Waals surface area contributed by atoms with E-state index in [0.717, 1.165) is 57.8 Å². The van der Waals surface area contributed by atoms with Gasteiger partial charge in [0.15, 0.2) is 0 Å². The second-order valence-electron chi connectivity index (χ2n) is 8.41. The first kappa shape index (κ1) is 19.7. The zero-order valence-corrected chi connectivity index (χ0v) is 15.9. The Hall–Kier alpha value is -1.64. The zero-order valence-electron chi connectivity index (χ0n) is 15.9. The van der Waals surface area contributed by atoms with Crippen molar-refractivity contribution in [3.05, 3.63) is 35.4 Å². The smallest absolute Gasteiger partial charge is 0.309 e. The van der Waals surface area contributed by atoms with Crippen molar-refractivity contribution in [3.8, 4) is 0 Å². The monoisotopic (exact) mass is 344 g/mol. The number of aryl methyl sites for hydroxylation is 2. The highest BCUT2D eigenvalue weighted by molar-refractivity contribution is 5.81. The minimum atomic E-state index is -0.616. The number of unbranched alkanes of at least 4 members (excludes halogenated alkanes) is 1. The van der Waals surface area contributed by atoms with Gasteiger partial charge in [0.05, 0.1) is 5.41 Å². The molecule has 0 aliphatic heterocycles. The number of carboxylic acids is 1. The number of hydrogen-bond acceptors (Lipinski definition) is 2. The normalized spacial score (nSPS) is 15.8. The quantitative estimate of drug-likeness (QED) is 0.561. The van der Waals surface area contributed by atoms with Crippen LogP contribution in [0.4, 0.5) is 0 Å². The first-order valence-corrected chi connectivity index (χ1v) is 9.57. The van der Waals surface area contributed by atoms with Crippen LogP contribution in [0.1, 0.15) is 76.8 Å². The Morgan fingerprint density at radius 2 is 1.68 bits per heavy atom. The van der Waals surface area contributed by atoms with Crippen molar-refractivity contribution >= 4 is 11.8 Å². The fraction of sp³-hybridized carbons (Fsp3) is 0.636.